The second-order valence-corrected chi connectivity index (χ2v) is 12.1. The minimum absolute atomic E-state index is 0.962. The maximum atomic E-state index is 2.40. The first kappa shape index (κ1) is 30.1. The van der Waals surface area contributed by atoms with E-state index in [4.69, 9.17) is 0 Å². The smallest absolute Gasteiger partial charge is 0.0491 e. The van der Waals surface area contributed by atoms with Gasteiger partial charge in [0.05, 0.1) is 0 Å². The van der Waals surface area contributed by atoms with Gasteiger partial charge in [0.2, 0.25) is 0 Å². The summed E-state index contributed by atoms with van der Waals surface area (Å²) >= 11 is 0. The molecule has 0 saturated carbocycles. The van der Waals surface area contributed by atoms with Crippen LogP contribution < -0.4 is 4.90 Å². The van der Waals surface area contributed by atoms with E-state index < -0.39 is 0 Å². The van der Waals surface area contributed by atoms with Crippen molar-refractivity contribution in [2.75, 3.05) is 18.5 Å². The van der Waals surface area contributed by atoms with Gasteiger partial charge in [-0.05, 0) is 83.1 Å². The van der Waals surface area contributed by atoms with Gasteiger partial charge in [0.15, 0.2) is 0 Å². The Bertz CT molecular complexity index is 2200. The van der Waals surface area contributed by atoms with Crippen molar-refractivity contribution in [3.63, 3.8) is 0 Å². The van der Waals surface area contributed by atoms with Crippen LogP contribution in [-0.4, -0.2) is 18.2 Å². The molecule has 7 rings (SSSR count). The average Bonchev–Trinajstić information content (AvgIpc) is 3.46. The van der Waals surface area contributed by atoms with Crippen molar-refractivity contribution in [3.8, 4) is 22.3 Å². The van der Waals surface area contributed by atoms with Crippen LogP contribution in [0.5, 0.6) is 0 Å². The second-order valence-electron chi connectivity index (χ2n) is 12.1. The summed E-state index contributed by atoms with van der Waals surface area (Å²) in [6, 6.07) is 50.5. The van der Waals surface area contributed by atoms with Crippen molar-refractivity contribution in [2.45, 2.75) is 20.4 Å². The lowest BCUT2D eigenvalue weighted by atomic mass is 9.99. The highest BCUT2D eigenvalue weighted by molar-refractivity contribution is 6.08. The summed E-state index contributed by atoms with van der Waals surface area (Å²) in [6.07, 6.45) is 8.82. The van der Waals surface area contributed by atoms with E-state index in [1.165, 1.54) is 72.0 Å². The fourth-order valence-corrected chi connectivity index (χ4v) is 6.48. The Morgan fingerprint density at radius 1 is 0.489 bits per heavy atom. The van der Waals surface area contributed by atoms with Gasteiger partial charge in [-0.25, -0.2) is 0 Å². The van der Waals surface area contributed by atoms with E-state index in [1.807, 2.05) is 0 Å². The third-order valence-corrected chi connectivity index (χ3v) is 9.19. The molecule has 0 bridgehead atoms. The Morgan fingerprint density at radius 2 is 1.02 bits per heavy atom. The summed E-state index contributed by atoms with van der Waals surface area (Å²) in [6.45, 7) is 6.33. The third kappa shape index (κ3) is 6.28. The Kier molecular flexibility index (Phi) is 8.58. The normalized spacial score (nSPS) is 11.7. The highest BCUT2D eigenvalue weighted by atomic mass is 15.1. The molecule has 2 nitrogen and oxygen atoms in total. The molecular weight excluding hydrogens is 569 g/mol. The van der Waals surface area contributed by atoms with Gasteiger partial charge in [0, 0.05) is 53.2 Å². The summed E-state index contributed by atoms with van der Waals surface area (Å²) < 4.78 is 2.40. The fraction of sp³-hybridized carbons (Fsp3) is 0.111. The Labute approximate surface area is 278 Å². The number of rotatable bonds is 9. The minimum Gasteiger partial charge on any atom is -0.374 e. The van der Waals surface area contributed by atoms with Crippen molar-refractivity contribution in [1.29, 1.82) is 0 Å². The molecule has 7 aromatic rings. The van der Waals surface area contributed by atoms with E-state index in [2.05, 4.69) is 194 Å². The topological polar surface area (TPSA) is 8.17 Å². The van der Waals surface area contributed by atoms with E-state index in [-0.39, 0.29) is 0 Å². The van der Waals surface area contributed by atoms with E-state index in [0.29, 0.717) is 0 Å². The second kappa shape index (κ2) is 13.4. The molecule has 2 heteroatoms. The lowest BCUT2D eigenvalue weighted by Gasteiger charge is -2.21. The van der Waals surface area contributed by atoms with E-state index in [1.54, 1.807) is 0 Å². The molecule has 0 atom stereocenters. The van der Waals surface area contributed by atoms with Gasteiger partial charge in [-0.2, -0.15) is 0 Å². The predicted molar refractivity (Wildman–Crippen MR) is 206 cm³/mol. The summed E-state index contributed by atoms with van der Waals surface area (Å²) in [5.74, 6) is 0. The summed E-state index contributed by atoms with van der Waals surface area (Å²) in [5.41, 5.74) is 13.6. The maximum Gasteiger partial charge on any atom is 0.0491 e. The van der Waals surface area contributed by atoms with E-state index >= 15 is 0 Å². The van der Waals surface area contributed by atoms with Gasteiger partial charge >= 0.3 is 0 Å². The molecule has 47 heavy (non-hydrogen) atoms. The zero-order valence-corrected chi connectivity index (χ0v) is 27.4. The Morgan fingerprint density at radius 3 is 1.66 bits per heavy atom. The number of hydrogen-bond donors (Lipinski definition) is 0. The van der Waals surface area contributed by atoms with Crippen LogP contribution in [0.2, 0.25) is 0 Å². The zero-order valence-electron chi connectivity index (χ0n) is 27.4. The van der Waals surface area contributed by atoms with Crippen LogP contribution in [-0.2, 0) is 6.54 Å². The maximum absolute atomic E-state index is 2.40. The number of aromatic nitrogens is 1. The van der Waals surface area contributed by atoms with Crippen molar-refractivity contribution in [1.82, 2.24) is 4.57 Å². The SMILES string of the molecule is CCN(C)c1ccc(/C=C/c2ccc(-c3ccc(/C=C/c4ccc5c(c4)c4ccccc4n5CC)cc3)cc2)cc1-c1ccccc1. The molecule has 1 heterocycles. The lowest BCUT2D eigenvalue weighted by Crippen LogP contribution is -2.16. The molecule has 0 unspecified atom stereocenters. The molecule has 0 radical (unpaired) electrons. The molecular formula is C45H40N2. The van der Waals surface area contributed by atoms with Crippen molar-refractivity contribution >= 4 is 51.8 Å². The molecule has 6 aromatic carbocycles. The molecule has 1 aromatic heterocycles. The van der Waals surface area contributed by atoms with E-state index in [9.17, 15) is 0 Å². The molecule has 0 fully saturated rings. The highest BCUT2D eigenvalue weighted by Crippen LogP contribution is 2.33. The zero-order chi connectivity index (χ0) is 32.2. The first-order chi connectivity index (χ1) is 23.1. The quantitative estimate of drug-likeness (QED) is 0.148. The first-order valence-electron chi connectivity index (χ1n) is 16.6. The van der Waals surface area contributed by atoms with Crippen molar-refractivity contribution in [2.24, 2.45) is 0 Å². The molecule has 0 aliphatic rings. The largest absolute Gasteiger partial charge is 0.374 e. The molecule has 0 spiro atoms. The van der Waals surface area contributed by atoms with Crippen molar-refractivity contribution < 1.29 is 0 Å². The van der Waals surface area contributed by atoms with Gasteiger partial charge in [0.25, 0.3) is 0 Å². The number of fused-ring (bicyclic) bond motifs is 3. The molecule has 0 aliphatic carbocycles. The number of aryl methyl sites for hydroxylation is 1. The highest BCUT2D eigenvalue weighted by Gasteiger charge is 2.10. The van der Waals surface area contributed by atoms with Gasteiger partial charge < -0.3 is 9.47 Å². The molecule has 0 aliphatic heterocycles. The first-order valence-corrected chi connectivity index (χ1v) is 16.6. The fourth-order valence-electron chi connectivity index (χ4n) is 6.48. The van der Waals surface area contributed by atoms with Crippen LogP contribution in [0.4, 0.5) is 5.69 Å². The number of benzene rings is 6. The molecule has 0 saturated heterocycles. The van der Waals surface area contributed by atoms with Crippen molar-refractivity contribution in [3.05, 3.63) is 162 Å². The Hall–Kier alpha value is -5.60. The van der Waals surface area contributed by atoms with Gasteiger partial charge in [-0.3, -0.25) is 0 Å². The average molecular weight is 609 g/mol. The standard InChI is InChI=1S/C45H40N2/c1-4-46(3)43-29-23-35(31-41(43)39-11-7-6-8-12-39)17-15-33-19-25-37(26-20-33)38-27-21-34(22-28-38)16-18-36-24-30-45-42(32-36)40-13-9-10-14-44(40)47(45)5-2/h6-32H,4-5H2,1-3H3/b17-15+,18-16+. The van der Waals surface area contributed by atoms with Gasteiger partial charge in [-0.1, -0.05) is 133 Å². The molecule has 0 amide bonds. The van der Waals surface area contributed by atoms with Crippen LogP contribution in [0.1, 0.15) is 36.1 Å². The summed E-state index contributed by atoms with van der Waals surface area (Å²) in [4.78, 5) is 2.30. The third-order valence-electron chi connectivity index (χ3n) is 9.19. The van der Waals surface area contributed by atoms with Crippen LogP contribution in [0.25, 0.3) is 68.4 Å². The number of hydrogen-bond acceptors (Lipinski definition) is 1. The molecule has 230 valence electrons. The van der Waals surface area contributed by atoms with Crippen LogP contribution >= 0.6 is 0 Å². The van der Waals surface area contributed by atoms with Gasteiger partial charge in [0.1, 0.15) is 0 Å². The number of nitrogens with zero attached hydrogens (tertiary/aromatic N) is 2. The van der Waals surface area contributed by atoms with Crippen LogP contribution in [0.3, 0.4) is 0 Å². The summed E-state index contributed by atoms with van der Waals surface area (Å²) in [5, 5.41) is 2.63. The number of anilines is 1. The number of para-hydroxylation sites is 1. The monoisotopic (exact) mass is 608 g/mol. The lowest BCUT2D eigenvalue weighted by molar-refractivity contribution is 0.827. The van der Waals surface area contributed by atoms with E-state index in [0.717, 1.165) is 13.1 Å². The molecule has 0 N–H and O–H groups in total. The Balaban J connectivity index is 1.05. The van der Waals surface area contributed by atoms with Crippen LogP contribution in [0.15, 0.2) is 140 Å². The van der Waals surface area contributed by atoms with Gasteiger partial charge in [-0.15, -0.1) is 0 Å². The van der Waals surface area contributed by atoms with Crippen LogP contribution in [0, 0.1) is 0 Å². The summed E-state index contributed by atoms with van der Waals surface area (Å²) in [7, 11) is 2.15. The predicted octanol–water partition coefficient (Wildman–Crippen LogP) is 11.9. The minimum atomic E-state index is 0.962.